The van der Waals surface area contributed by atoms with Crippen molar-refractivity contribution in [3.8, 4) is 0 Å². The molecule has 2 heteroatoms. The Morgan fingerprint density at radius 2 is 1.73 bits per heavy atom. The van der Waals surface area contributed by atoms with Crippen LogP contribution in [0.15, 0.2) is 55.1 Å². The van der Waals surface area contributed by atoms with Gasteiger partial charge < -0.3 is 5.73 Å². The molecule has 26 heavy (non-hydrogen) atoms. The molecule has 0 aliphatic rings. The quantitative estimate of drug-likeness (QED) is 0.564. The summed E-state index contributed by atoms with van der Waals surface area (Å²) in [7, 11) is 0. The van der Waals surface area contributed by atoms with Crippen LogP contribution in [-0.4, -0.2) is 6.54 Å². The maximum absolute atomic E-state index is 13.2. The average Bonchev–Trinajstić information content (AvgIpc) is 2.65. The first-order chi connectivity index (χ1) is 12.5. The number of benzene rings is 2. The zero-order chi connectivity index (χ0) is 19.9. The molecule has 2 rings (SSSR count). The second-order valence-corrected chi connectivity index (χ2v) is 5.85. The van der Waals surface area contributed by atoms with Crippen molar-refractivity contribution in [2.45, 2.75) is 47.5 Å². The predicted octanol–water partition coefficient (Wildman–Crippen LogP) is 7.19. The van der Waals surface area contributed by atoms with Crippen molar-refractivity contribution >= 4 is 17.2 Å². The van der Waals surface area contributed by atoms with Crippen molar-refractivity contribution in [1.29, 1.82) is 0 Å². The van der Waals surface area contributed by atoms with E-state index in [1.807, 2.05) is 58.0 Å². The summed E-state index contributed by atoms with van der Waals surface area (Å²) in [4.78, 5) is 0. The Labute approximate surface area is 159 Å². The van der Waals surface area contributed by atoms with Crippen molar-refractivity contribution in [2.75, 3.05) is 6.54 Å². The molecule has 0 saturated heterocycles. The predicted molar refractivity (Wildman–Crippen MR) is 116 cm³/mol. The van der Waals surface area contributed by atoms with Crippen molar-refractivity contribution in [2.24, 2.45) is 5.73 Å². The highest BCUT2D eigenvalue weighted by Gasteiger charge is 2.02. The van der Waals surface area contributed by atoms with Gasteiger partial charge in [-0.2, -0.15) is 0 Å². The lowest BCUT2D eigenvalue weighted by molar-refractivity contribution is 0.627. The van der Waals surface area contributed by atoms with Gasteiger partial charge in [0.2, 0.25) is 0 Å². The van der Waals surface area contributed by atoms with Gasteiger partial charge in [-0.25, -0.2) is 4.39 Å². The normalized spacial score (nSPS) is 10.2. The lowest BCUT2D eigenvalue weighted by Gasteiger charge is -2.07. The van der Waals surface area contributed by atoms with Gasteiger partial charge in [-0.15, -0.1) is 0 Å². The van der Waals surface area contributed by atoms with Gasteiger partial charge in [-0.1, -0.05) is 81.8 Å². The summed E-state index contributed by atoms with van der Waals surface area (Å²) >= 11 is 0. The van der Waals surface area contributed by atoms with Crippen LogP contribution in [0.4, 0.5) is 4.39 Å². The van der Waals surface area contributed by atoms with E-state index in [9.17, 15) is 4.39 Å². The molecule has 0 saturated carbocycles. The van der Waals surface area contributed by atoms with Gasteiger partial charge in [0.1, 0.15) is 5.82 Å². The van der Waals surface area contributed by atoms with Gasteiger partial charge in [0.25, 0.3) is 0 Å². The van der Waals surface area contributed by atoms with Crippen LogP contribution in [0.2, 0.25) is 0 Å². The lowest BCUT2D eigenvalue weighted by Crippen LogP contribution is -1.95. The Hall–Kier alpha value is -2.19. The summed E-state index contributed by atoms with van der Waals surface area (Å²) in [6.07, 6.45) is 4.45. The standard InChI is InChI=1S/C18H17F.C4H11N.C2H6/c1-13(2)18-10-5-4-7-16(18)11-14(3)15-8-6-9-17(19)12-15;1-2-3-4-5;1-2/h4-12H,1H2,2-3H3;2-5H2,1H3;1-2H3/b14-11+;;. The van der Waals surface area contributed by atoms with E-state index in [-0.39, 0.29) is 5.82 Å². The van der Waals surface area contributed by atoms with E-state index in [0.717, 1.165) is 34.4 Å². The van der Waals surface area contributed by atoms with Crippen LogP contribution in [0.25, 0.3) is 17.2 Å². The average molecular weight is 356 g/mol. The van der Waals surface area contributed by atoms with Gasteiger partial charge in [0.05, 0.1) is 0 Å². The fraction of sp³-hybridized carbons (Fsp3) is 0.333. The van der Waals surface area contributed by atoms with Crippen LogP contribution in [0.1, 0.15) is 64.2 Å². The van der Waals surface area contributed by atoms with E-state index in [4.69, 9.17) is 5.73 Å². The van der Waals surface area contributed by atoms with Crippen LogP contribution in [0.5, 0.6) is 0 Å². The largest absolute Gasteiger partial charge is 0.330 e. The summed E-state index contributed by atoms with van der Waals surface area (Å²) < 4.78 is 13.2. The number of nitrogens with two attached hydrogens (primary N) is 1. The minimum atomic E-state index is -0.210. The highest BCUT2D eigenvalue weighted by atomic mass is 19.1. The van der Waals surface area contributed by atoms with Crippen molar-refractivity contribution in [1.82, 2.24) is 0 Å². The Morgan fingerprint density at radius 3 is 2.23 bits per heavy atom. The molecule has 142 valence electrons. The molecule has 0 unspecified atom stereocenters. The number of unbranched alkanes of at least 4 members (excludes halogenated alkanes) is 1. The monoisotopic (exact) mass is 355 g/mol. The maximum atomic E-state index is 13.2. The summed E-state index contributed by atoms with van der Waals surface area (Å²) in [5, 5.41) is 0. The summed E-state index contributed by atoms with van der Waals surface area (Å²) in [6.45, 7) is 14.9. The van der Waals surface area contributed by atoms with E-state index in [1.54, 1.807) is 12.1 Å². The second kappa shape index (κ2) is 14.0. The molecule has 0 amide bonds. The van der Waals surface area contributed by atoms with E-state index < -0.39 is 0 Å². The number of hydrogen-bond acceptors (Lipinski definition) is 1. The molecule has 0 bridgehead atoms. The molecular formula is C24H34FN. The SMILES string of the molecule is C=C(C)c1ccccc1/C=C(\C)c1cccc(F)c1.CC.CCCCN. The van der Waals surface area contributed by atoms with Gasteiger partial charge in [0.15, 0.2) is 0 Å². The van der Waals surface area contributed by atoms with E-state index >= 15 is 0 Å². The fourth-order valence-electron chi connectivity index (χ4n) is 2.27. The maximum Gasteiger partial charge on any atom is 0.123 e. The zero-order valence-corrected chi connectivity index (χ0v) is 17.0. The fourth-order valence-corrected chi connectivity index (χ4v) is 2.27. The molecule has 0 atom stereocenters. The molecule has 0 aromatic heterocycles. The zero-order valence-electron chi connectivity index (χ0n) is 17.0. The Morgan fingerprint density at radius 1 is 1.08 bits per heavy atom. The molecule has 0 spiro atoms. The summed E-state index contributed by atoms with van der Waals surface area (Å²) in [5.41, 5.74) is 10.3. The number of allylic oxidation sites excluding steroid dienone is 2. The number of rotatable bonds is 5. The molecule has 2 N–H and O–H groups in total. The van der Waals surface area contributed by atoms with E-state index in [1.165, 1.54) is 18.9 Å². The smallest absolute Gasteiger partial charge is 0.123 e. The molecular weight excluding hydrogens is 321 g/mol. The van der Waals surface area contributed by atoms with Gasteiger partial charge >= 0.3 is 0 Å². The Kier molecular flexibility index (Phi) is 12.8. The topological polar surface area (TPSA) is 26.0 Å². The number of halogens is 1. The van der Waals surface area contributed by atoms with Crippen LogP contribution in [0.3, 0.4) is 0 Å². The minimum Gasteiger partial charge on any atom is -0.330 e. The van der Waals surface area contributed by atoms with Gasteiger partial charge in [-0.3, -0.25) is 0 Å². The highest BCUT2D eigenvalue weighted by molar-refractivity contribution is 5.84. The third-order valence-electron chi connectivity index (χ3n) is 3.63. The summed E-state index contributed by atoms with van der Waals surface area (Å²) in [6, 6.07) is 14.7. The first kappa shape index (κ1) is 23.8. The van der Waals surface area contributed by atoms with Crippen LogP contribution < -0.4 is 5.73 Å². The molecule has 2 aromatic carbocycles. The minimum absolute atomic E-state index is 0.210. The van der Waals surface area contributed by atoms with Crippen LogP contribution in [-0.2, 0) is 0 Å². The lowest BCUT2D eigenvalue weighted by atomic mass is 9.98. The Balaban J connectivity index is 0.000000772. The third kappa shape index (κ3) is 8.77. The molecule has 0 fully saturated rings. The molecule has 0 aliphatic heterocycles. The summed E-state index contributed by atoms with van der Waals surface area (Å²) in [5.74, 6) is -0.210. The third-order valence-corrected chi connectivity index (χ3v) is 3.63. The van der Waals surface area contributed by atoms with Crippen LogP contribution in [0, 0.1) is 5.82 Å². The van der Waals surface area contributed by atoms with E-state index in [2.05, 4.69) is 19.6 Å². The molecule has 2 aromatic rings. The molecule has 0 heterocycles. The van der Waals surface area contributed by atoms with Gasteiger partial charge in [0, 0.05) is 0 Å². The first-order valence-electron chi connectivity index (χ1n) is 9.38. The molecule has 1 nitrogen and oxygen atoms in total. The van der Waals surface area contributed by atoms with Crippen molar-refractivity contribution < 1.29 is 4.39 Å². The Bertz CT molecular complexity index is 684. The second-order valence-electron chi connectivity index (χ2n) is 5.85. The highest BCUT2D eigenvalue weighted by Crippen LogP contribution is 2.23. The van der Waals surface area contributed by atoms with Crippen molar-refractivity contribution in [3.63, 3.8) is 0 Å². The van der Waals surface area contributed by atoms with Crippen LogP contribution >= 0.6 is 0 Å². The van der Waals surface area contributed by atoms with Gasteiger partial charge in [-0.05, 0) is 61.2 Å². The van der Waals surface area contributed by atoms with E-state index in [0.29, 0.717) is 0 Å². The first-order valence-corrected chi connectivity index (χ1v) is 9.38. The molecule has 0 radical (unpaired) electrons. The van der Waals surface area contributed by atoms with Crippen molar-refractivity contribution in [3.05, 3.63) is 77.6 Å². The number of hydrogen-bond donors (Lipinski definition) is 1. The molecule has 0 aliphatic carbocycles.